The van der Waals surface area contributed by atoms with E-state index >= 15 is 0 Å². The van der Waals surface area contributed by atoms with Crippen molar-refractivity contribution >= 4 is 5.91 Å². The van der Waals surface area contributed by atoms with E-state index in [1.807, 2.05) is 49.9 Å². The van der Waals surface area contributed by atoms with Crippen LogP contribution in [0.1, 0.15) is 67.1 Å². The summed E-state index contributed by atoms with van der Waals surface area (Å²) >= 11 is 0. The number of nitrogens with zero attached hydrogens (tertiary/aromatic N) is 2. The molecule has 1 aromatic carbocycles. The fourth-order valence-corrected chi connectivity index (χ4v) is 4.88. The summed E-state index contributed by atoms with van der Waals surface area (Å²) in [5.41, 5.74) is 2.10. The first-order valence-electron chi connectivity index (χ1n) is 11.7. The Bertz CT molecular complexity index is 984. The van der Waals surface area contributed by atoms with Crippen LogP contribution in [-0.4, -0.2) is 58.9 Å². The third-order valence-corrected chi connectivity index (χ3v) is 6.57. The number of aromatic nitrogens is 1. The second kappa shape index (κ2) is 9.69. The predicted molar refractivity (Wildman–Crippen MR) is 125 cm³/mol. The zero-order chi connectivity index (χ0) is 23.6. The summed E-state index contributed by atoms with van der Waals surface area (Å²) in [6, 6.07) is 7.53. The molecule has 0 aliphatic carbocycles. The van der Waals surface area contributed by atoms with Gasteiger partial charge in [-0.3, -0.25) is 9.78 Å². The predicted octanol–water partition coefficient (Wildman–Crippen LogP) is 4.07. The number of ether oxygens (including phenoxy) is 3. The number of amides is 1. The van der Waals surface area contributed by atoms with Crippen LogP contribution < -0.4 is 9.47 Å². The molecule has 2 aliphatic heterocycles. The van der Waals surface area contributed by atoms with Crippen molar-refractivity contribution in [2.75, 3.05) is 20.2 Å². The van der Waals surface area contributed by atoms with Gasteiger partial charge in [0.25, 0.3) is 5.91 Å². The van der Waals surface area contributed by atoms with Crippen LogP contribution in [0.5, 0.6) is 11.5 Å². The van der Waals surface area contributed by atoms with Gasteiger partial charge in [-0.25, -0.2) is 0 Å². The summed E-state index contributed by atoms with van der Waals surface area (Å²) in [5.74, 6) is 1.50. The first kappa shape index (κ1) is 23.5. The summed E-state index contributed by atoms with van der Waals surface area (Å²) in [6.07, 6.45) is 5.33. The minimum absolute atomic E-state index is 0.0222. The van der Waals surface area contributed by atoms with E-state index in [0.29, 0.717) is 50.1 Å². The van der Waals surface area contributed by atoms with Crippen molar-refractivity contribution in [1.82, 2.24) is 9.88 Å². The van der Waals surface area contributed by atoms with Gasteiger partial charge in [-0.1, -0.05) is 0 Å². The average Bonchev–Trinajstić information content (AvgIpc) is 2.80. The molecule has 1 amide bonds. The van der Waals surface area contributed by atoms with Crippen LogP contribution in [0.3, 0.4) is 0 Å². The molecule has 33 heavy (non-hydrogen) atoms. The van der Waals surface area contributed by atoms with Crippen molar-refractivity contribution < 1.29 is 24.1 Å². The summed E-state index contributed by atoms with van der Waals surface area (Å²) in [6.45, 7) is 7.13. The molecule has 2 aliphatic rings. The van der Waals surface area contributed by atoms with Crippen LogP contribution in [0.4, 0.5) is 0 Å². The lowest BCUT2D eigenvalue weighted by Gasteiger charge is -2.48. The first-order chi connectivity index (χ1) is 15.8. The van der Waals surface area contributed by atoms with Gasteiger partial charge in [0.1, 0.15) is 11.5 Å². The highest BCUT2D eigenvalue weighted by atomic mass is 16.5. The van der Waals surface area contributed by atoms with Crippen molar-refractivity contribution in [2.45, 2.75) is 70.4 Å². The monoisotopic (exact) mass is 454 g/mol. The van der Waals surface area contributed by atoms with Crippen molar-refractivity contribution in [3.05, 3.63) is 53.3 Å². The Kier molecular flexibility index (Phi) is 6.91. The van der Waals surface area contributed by atoms with Crippen LogP contribution in [-0.2, 0) is 4.74 Å². The summed E-state index contributed by atoms with van der Waals surface area (Å²) < 4.78 is 17.7. The van der Waals surface area contributed by atoms with Crippen LogP contribution in [0, 0.1) is 6.92 Å². The molecular weight excluding hydrogens is 420 g/mol. The van der Waals surface area contributed by atoms with Crippen molar-refractivity contribution in [2.24, 2.45) is 0 Å². The van der Waals surface area contributed by atoms with E-state index in [9.17, 15) is 9.90 Å². The molecule has 4 rings (SSSR count). The van der Waals surface area contributed by atoms with E-state index in [-0.39, 0.29) is 18.1 Å². The Morgan fingerprint density at radius 3 is 2.67 bits per heavy atom. The van der Waals surface area contributed by atoms with E-state index in [1.54, 1.807) is 19.5 Å². The molecule has 2 atom stereocenters. The van der Waals surface area contributed by atoms with Crippen LogP contribution in [0.15, 0.2) is 36.7 Å². The number of aliphatic hydroxyl groups is 1. The highest BCUT2D eigenvalue weighted by Gasteiger charge is 2.44. The van der Waals surface area contributed by atoms with Crippen LogP contribution in [0.25, 0.3) is 0 Å². The van der Waals surface area contributed by atoms with Gasteiger partial charge in [0, 0.05) is 43.3 Å². The lowest BCUT2D eigenvalue weighted by atomic mass is 9.81. The van der Waals surface area contributed by atoms with E-state index in [2.05, 4.69) is 4.98 Å². The molecule has 0 saturated carbocycles. The van der Waals surface area contributed by atoms with Gasteiger partial charge in [0.2, 0.25) is 0 Å². The highest BCUT2D eigenvalue weighted by Crippen LogP contribution is 2.43. The lowest BCUT2D eigenvalue weighted by Crippen LogP contribution is -2.52. The smallest absolute Gasteiger partial charge is 0.253 e. The van der Waals surface area contributed by atoms with Crippen molar-refractivity contribution in [3.8, 4) is 11.5 Å². The number of aliphatic hydroxyl groups excluding tert-OH is 1. The number of carbonyl (C=O) groups excluding carboxylic acids is 1. The average molecular weight is 455 g/mol. The molecule has 0 bridgehead atoms. The summed E-state index contributed by atoms with van der Waals surface area (Å²) in [5, 5.41) is 10.6. The Balaban J connectivity index is 1.42. The molecule has 3 heterocycles. The molecule has 1 aromatic heterocycles. The Hall–Kier alpha value is -2.64. The van der Waals surface area contributed by atoms with Gasteiger partial charge in [0.05, 0.1) is 37.2 Å². The number of hydrogen-bond acceptors (Lipinski definition) is 6. The van der Waals surface area contributed by atoms with E-state index < -0.39 is 11.7 Å². The number of rotatable bonds is 5. The summed E-state index contributed by atoms with van der Waals surface area (Å²) in [7, 11) is 1.61. The number of hydrogen-bond donors (Lipinski definition) is 1. The maximum absolute atomic E-state index is 13.2. The summed E-state index contributed by atoms with van der Waals surface area (Å²) in [4.78, 5) is 19.3. The van der Waals surface area contributed by atoms with Gasteiger partial charge in [0.15, 0.2) is 0 Å². The maximum atomic E-state index is 13.2. The van der Waals surface area contributed by atoms with Crippen molar-refractivity contribution in [3.63, 3.8) is 0 Å². The fraction of sp³-hybridized carbons (Fsp3) is 0.538. The van der Waals surface area contributed by atoms with Gasteiger partial charge in [-0.2, -0.15) is 0 Å². The second-order valence-electron chi connectivity index (χ2n) is 9.48. The molecule has 0 radical (unpaired) electrons. The molecule has 178 valence electrons. The molecule has 7 heteroatoms. The Morgan fingerprint density at radius 1 is 1.24 bits per heavy atom. The normalized spacial score (nSPS) is 22.4. The van der Waals surface area contributed by atoms with E-state index in [1.165, 1.54) is 0 Å². The highest BCUT2D eigenvalue weighted by molar-refractivity contribution is 5.94. The minimum Gasteiger partial charge on any atom is -0.495 e. The molecular formula is C26H34N2O5. The molecule has 7 nitrogen and oxygen atoms in total. The Labute approximate surface area is 195 Å². The molecule has 2 aromatic rings. The van der Waals surface area contributed by atoms with E-state index in [0.717, 1.165) is 16.9 Å². The molecule has 1 N–H and O–H groups in total. The zero-order valence-corrected chi connectivity index (χ0v) is 19.9. The van der Waals surface area contributed by atoms with Gasteiger partial charge >= 0.3 is 0 Å². The first-order valence-corrected chi connectivity index (χ1v) is 11.7. The third-order valence-electron chi connectivity index (χ3n) is 6.57. The molecule has 2 saturated heterocycles. The number of benzene rings is 1. The van der Waals surface area contributed by atoms with Gasteiger partial charge in [-0.15, -0.1) is 0 Å². The van der Waals surface area contributed by atoms with Crippen LogP contribution >= 0.6 is 0 Å². The number of methoxy groups -OCH3 is 1. The standard InChI is InChI=1S/C26H34N2O5/c1-17(2)32-23-6-5-19(11-18(23)3)25(30)28-9-7-26(8-10-28)14-21(29)13-24(33-26)20-12-22(31-4)16-27-15-20/h5-6,11-12,15-17,21,24,29H,7-10,13-14H2,1-4H3/t21-,24-/m1/s1. The Morgan fingerprint density at radius 2 is 2.00 bits per heavy atom. The quantitative estimate of drug-likeness (QED) is 0.733. The number of piperidine rings is 1. The van der Waals surface area contributed by atoms with Gasteiger partial charge in [-0.05, 0) is 63.4 Å². The largest absolute Gasteiger partial charge is 0.495 e. The van der Waals surface area contributed by atoms with Crippen molar-refractivity contribution in [1.29, 1.82) is 0 Å². The molecule has 2 fully saturated rings. The molecule has 0 unspecified atom stereocenters. The minimum atomic E-state index is -0.451. The number of pyridine rings is 1. The zero-order valence-electron chi connectivity index (χ0n) is 19.9. The van der Waals surface area contributed by atoms with E-state index in [4.69, 9.17) is 14.2 Å². The number of aryl methyl sites for hydroxylation is 1. The topological polar surface area (TPSA) is 81.1 Å². The maximum Gasteiger partial charge on any atom is 0.253 e. The van der Waals surface area contributed by atoms with Gasteiger partial charge < -0.3 is 24.2 Å². The second-order valence-corrected chi connectivity index (χ2v) is 9.48. The lowest BCUT2D eigenvalue weighted by molar-refractivity contribution is -0.181. The number of carbonyl (C=O) groups is 1. The van der Waals surface area contributed by atoms with Crippen LogP contribution in [0.2, 0.25) is 0 Å². The SMILES string of the molecule is COc1cncc([C@H]2C[C@@H](O)CC3(CCN(C(=O)c4ccc(OC(C)C)c(C)c4)CC3)O2)c1. The number of likely N-dealkylation sites (tertiary alicyclic amines) is 1. The fourth-order valence-electron chi connectivity index (χ4n) is 4.88. The third kappa shape index (κ3) is 5.31. The molecule has 1 spiro atoms.